The first-order chi connectivity index (χ1) is 13.5. The van der Waals surface area contributed by atoms with Gasteiger partial charge in [0.1, 0.15) is 5.69 Å². The number of aryl methyl sites for hydroxylation is 2. The first-order valence-electron chi connectivity index (χ1n) is 10.2. The van der Waals surface area contributed by atoms with E-state index in [0.717, 1.165) is 56.5 Å². The van der Waals surface area contributed by atoms with E-state index in [1.165, 1.54) is 5.56 Å². The summed E-state index contributed by atoms with van der Waals surface area (Å²) in [6, 6.07) is 10.2. The molecule has 0 unspecified atom stereocenters. The Labute approximate surface area is 165 Å². The summed E-state index contributed by atoms with van der Waals surface area (Å²) in [5, 5.41) is 7.30. The number of rotatable bonds is 5. The molecule has 1 aliphatic carbocycles. The molecule has 6 heteroatoms. The first-order valence-corrected chi connectivity index (χ1v) is 10.2. The van der Waals surface area contributed by atoms with Gasteiger partial charge in [-0.25, -0.2) is 0 Å². The van der Waals surface area contributed by atoms with E-state index in [4.69, 9.17) is 0 Å². The van der Waals surface area contributed by atoms with Crippen LogP contribution in [0.1, 0.15) is 57.8 Å². The van der Waals surface area contributed by atoms with E-state index in [1.54, 1.807) is 4.68 Å². The summed E-state index contributed by atoms with van der Waals surface area (Å²) in [5.41, 5.74) is 3.53. The molecule has 2 aromatic rings. The molecule has 1 saturated carbocycles. The Morgan fingerprint density at radius 3 is 2.36 bits per heavy atom. The molecule has 2 amide bonds. The third-order valence-electron chi connectivity index (χ3n) is 5.78. The second kappa shape index (κ2) is 7.78. The number of hydrogen-bond donors (Lipinski definition) is 1. The van der Waals surface area contributed by atoms with Gasteiger partial charge in [0.15, 0.2) is 0 Å². The van der Waals surface area contributed by atoms with Crippen LogP contribution in [0.5, 0.6) is 0 Å². The SMILES string of the molecule is Cc1cc(C(=O)N2CCC(Cc3ccc(C(=O)NC4CC4)cc3)CC2)n(C)n1. The molecule has 1 saturated heterocycles. The van der Waals surface area contributed by atoms with Gasteiger partial charge in [0.05, 0.1) is 5.69 Å². The second-order valence-corrected chi connectivity index (χ2v) is 8.18. The number of likely N-dealkylation sites (tertiary alicyclic amines) is 1. The topological polar surface area (TPSA) is 67.2 Å². The highest BCUT2D eigenvalue weighted by atomic mass is 16.2. The Morgan fingerprint density at radius 2 is 1.79 bits per heavy atom. The fraction of sp³-hybridized carbons (Fsp3) is 0.500. The minimum atomic E-state index is 0.0336. The molecular weight excluding hydrogens is 352 g/mol. The van der Waals surface area contributed by atoms with Gasteiger partial charge in [-0.15, -0.1) is 0 Å². The van der Waals surface area contributed by atoms with Crippen molar-refractivity contribution in [1.82, 2.24) is 20.0 Å². The molecule has 1 aliphatic heterocycles. The highest BCUT2D eigenvalue weighted by molar-refractivity contribution is 5.94. The monoisotopic (exact) mass is 380 g/mol. The summed E-state index contributed by atoms with van der Waals surface area (Å²) >= 11 is 0. The van der Waals surface area contributed by atoms with Gasteiger partial charge < -0.3 is 10.2 Å². The van der Waals surface area contributed by atoms with Crippen LogP contribution in [-0.4, -0.2) is 45.6 Å². The zero-order chi connectivity index (χ0) is 19.7. The van der Waals surface area contributed by atoms with Crippen LogP contribution < -0.4 is 5.32 Å². The number of piperidine rings is 1. The molecule has 2 heterocycles. The molecule has 6 nitrogen and oxygen atoms in total. The molecule has 0 atom stereocenters. The van der Waals surface area contributed by atoms with Crippen LogP contribution in [0.4, 0.5) is 0 Å². The zero-order valence-electron chi connectivity index (χ0n) is 16.6. The molecule has 0 bridgehead atoms. The lowest BCUT2D eigenvalue weighted by Gasteiger charge is -2.32. The second-order valence-electron chi connectivity index (χ2n) is 8.18. The molecule has 1 N–H and O–H groups in total. The number of nitrogens with one attached hydrogen (secondary N) is 1. The highest BCUT2D eigenvalue weighted by Crippen LogP contribution is 2.24. The van der Waals surface area contributed by atoms with E-state index in [2.05, 4.69) is 22.5 Å². The third-order valence-corrected chi connectivity index (χ3v) is 5.78. The van der Waals surface area contributed by atoms with Crippen LogP contribution >= 0.6 is 0 Å². The Hall–Kier alpha value is -2.63. The molecule has 4 rings (SSSR count). The van der Waals surface area contributed by atoms with Crippen molar-refractivity contribution in [2.75, 3.05) is 13.1 Å². The van der Waals surface area contributed by atoms with Crippen LogP contribution in [0, 0.1) is 12.8 Å². The number of carbonyl (C=O) groups excluding carboxylic acids is 2. The summed E-state index contributed by atoms with van der Waals surface area (Å²) in [7, 11) is 1.82. The van der Waals surface area contributed by atoms with Gasteiger partial charge in [0, 0.05) is 31.7 Å². The normalized spacial score (nSPS) is 17.6. The lowest BCUT2D eigenvalue weighted by molar-refractivity contribution is 0.0679. The average molecular weight is 380 g/mol. The lowest BCUT2D eigenvalue weighted by atomic mass is 9.90. The van der Waals surface area contributed by atoms with E-state index < -0.39 is 0 Å². The Morgan fingerprint density at radius 1 is 1.11 bits per heavy atom. The predicted octanol–water partition coefficient (Wildman–Crippen LogP) is 2.72. The van der Waals surface area contributed by atoms with Crippen LogP contribution in [0.25, 0.3) is 0 Å². The third kappa shape index (κ3) is 4.26. The van der Waals surface area contributed by atoms with E-state index in [1.807, 2.05) is 37.1 Å². The number of benzene rings is 1. The molecular formula is C22H28N4O2. The minimum absolute atomic E-state index is 0.0336. The van der Waals surface area contributed by atoms with Gasteiger partial charge in [-0.1, -0.05) is 12.1 Å². The average Bonchev–Trinajstić information content (AvgIpc) is 3.44. The number of hydrogen-bond acceptors (Lipinski definition) is 3. The molecule has 1 aromatic heterocycles. The quantitative estimate of drug-likeness (QED) is 0.867. The van der Waals surface area contributed by atoms with Gasteiger partial charge in [0.25, 0.3) is 11.8 Å². The smallest absolute Gasteiger partial charge is 0.272 e. The Bertz CT molecular complexity index is 859. The van der Waals surface area contributed by atoms with Crippen LogP contribution in [-0.2, 0) is 13.5 Å². The van der Waals surface area contributed by atoms with Crippen molar-refractivity contribution in [2.24, 2.45) is 13.0 Å². The van der Waals surface area contributed by atoms with Crippen molar-refractivity contribution >= 4 is 11.8 Å². The Kier molecular flexibility index (Phi) is 5.20. The number of amides is 2. The van der Waals surface area contributed by atoms with Gasteiger partial charge in [-0.3, -0.25) is 14.3 Å². The van der Waals surface area contributed by atoms with Gasteiger partial charge in [0.2, 0.25) is 0 Å². The van der Waals surface area contributed by atoms with E-state index >= 15 is 0 Å². The zero-order valence-corrected chi connectivity index (χ0v) is 16.6. The van der Waals surface area contributed by atoms with Crippen molar-refractivity contribution in [1.29, 1.82) is 0 Å². The summed E-state index contributed by atoms with van der Waals surface area (Å²) in [6.07, 6.45) is 5.22. The van der Waals surface area contributed by atoms with Gasteiger partial charge in [-0.2, -0.15) is 5.10 Å². The van der Waals surface area contributed by atoms with Crippen molar-refractivity contribution in [3.63, 3.8) is 0 Å². The summed E-state index contributed by atoms with van der Waals surface area (Å²) in [6.45, 7) is 3.48. The fourth-order valence-corrected chi connectivity index (χ4v) is 3.93. The molecule has 2 aliphatic rings. The Balaban J connectivity index is 1.28. The molecule has 0 radical (unpaired) electrons. The van der Waals surface area contributed by atoms with Gasteiger partial charge in [-0.05, 0) is 68.7 Å². The van der Waals surface area contributed by atoms with Crippen LogP contribution in [0.2, 0.25) is 0 Å². The number of aromatic nitrogens is 2. The standard InChI is InChI=1S/C22H28N4O2/c1-15-13-20(25(2)24-15)22(28)26-11-9-17(10-12-26)14-16-3-5-18(6-4-16)21(27)23-19-7-8-19/h3-6,13,17,19H,7-12,14H2,1-2H3,(H,23,27). The van der Waals surface area contributed by atoms with Crippen molar-refractivity contribution in [2.45, 2.75) is 45.1 Å². The summed E-state index contributed by atoms with van der Waals surface area (Å²) in [5.74, 6) is 0.683. The maximum atomic E-state index is 12.7. The van der Waals surface area contributed by atoms with Crippen LogP contribution in [0.3, 0.4) is 0 Å². The van der Waals surface area contributed by atoms with E-state index in [0.29, 0.717) is 17.7 Å². The minimum Gasteiger partial charge on any atom is -0.349 e. The van der Waals surface area contributed by atoms with Crippen molar-refractivity contribution < 1.29 is 9.59 Å². The number of carbonyl (C=O) groups is 2. The molecule has 1 aromatic carbocycles. The lowest BCUT2D eigenvalue weighted by Crippen LogP contribution is -2.39. The summed E-state index contributed by atoms with van der Waals surface area (Å²) in [4.78, 5) is 26.7. The van der Waals surface area contributed by atoms with Gasteiger partial charge >= 0.3 is 0 Å². The fourth-order valence-electron chi connectivity index (χ4n) is 3.93. The summed E-state index contributed by atoms with van der Waals surface area (Å²) < 4.78 is 1.67. The largest absolute Gasteiger partial charge is 0.349 e. The van der Waals surface area contributed by atoms with Crippen molar-refractivity contribution in [3.8, 4) is 0 Å². The van der Waals surface area contributed by atoms with Crippen LogP contribution in [0.15, 0.2) is 30.3 Å². The van der Waals surface area contributed by atoms with E-state index in [-0.39, 0.29) is 11.8 Å². The molecule has 28 heavy (non-hydrogen) atoms. The molecule has 2 fully saturated rings. The molecule has 148 valence electrons. The maximum Gasteiger partial charge on any atom is 0.272 e. The van der Waals surface area contributed by atoms with E-state index in [9.17, 15) is 9.59 Å². The highest BCUT2D eigenvalue weighted by Gasteiger charge is 2.26. The molecule has 0 spiro atoms. The number of nitrogens with zero attached hydrogens (tertiary/aromatic N) is 3. The first kappa shape index (κ1) is 18.7. The maximum absolute atomic E-state index is 12.7. The predicted molar refractivity (Wildman–Crippen MR) is 107 cm³/mol. The van der Waals surface area contributed by atoms with Crippen molar-refractivity contribution in [3.05, 3.63) is 52.8 Å².